The molecule has 3 N–H and O–H groups in total. The fourth-order valence-electron chi connectivity index (χ4n) is 3.19. The van der Waals surface area contributed by atoms with Crippen molar-refractivity contribution in [2.75, 3.05) is 39.8 Å². The van der Waals surface area contributed by atoms with E-state index in [0.29, 0.717) is 6.54 Å². The number of nitrogens with one attached hydrogen (secondary N) is 3. The molecule has 0 radical (unpaired) electrons. The Bertz CT molecular complexity index is 546. The van der Waals surface area contributed by atoms with E-state index in [1.165, 1.54) is 37.1 Å². The minimum absolute atomic E-state index is 0.00875. The highest BCUT2D eigenvalue weighted by molar-refractivity contribution is 7.12. The van der Waals surface area contributed by atoms with Gasteiger partial charge in [0.1, 0.15) is 0 Å². The number of hydrogen-bond acceptors (Lipinski definition) is 4. The first-order valence-corrected chi connectivity index (χ1v) is 10.6. The zero-order valence-electron chi connectivity index (χ0n) is 16.1. The number of likely N-dealkylation sites (tertiary alicyclic amines) is 1. The van der Waals surface area contributed by atoms with Crippen molar-refractivity contribution in [1.82, 2.24) is 20.9 Å². The first kappa shape index (κ1) is 20.7. The quantitative estimate of drug-likeness (QED) is 0.350. The van der Waals surface area contributed by atoms with Gasteiger partial charge in [-0.3, -0.25) is 9.79 Å². The van der Waals surface area contributed by atoms with Crippen LogP contribution < -0.4 is 16.0 Å². The summed E-state index contributed by atoms with van der Waals surface area (Å²) in [5.74, 6) is 0.843. The Morgan fingerprint density at radius 2 is 2.00 bits per heavy atom. The number of rotatable bonds is 9. The summed E-state index contributed by atoms with van der Waals surface area (Å²) >= 11 is 1.46. The number of piperidine rings is 1. The van der Waals surface area contributed by atoms with Crippen LogP contribution in [0.2, 0.25) is 0 Å². The summed E-state index contributed by atoms with van der Waals surface area (Å²) in [5.41, 5.74) is 0. The van der Waals surface area contributed by atoms with Crippen molar-refractivity contribution in [2.45, 2.75) is 45.1 Å². The molecule has 146 valence electrons. The Morgan fingerprint density at radius 3 is 2.69 bits per heavy atom. The molecule has 0 aromatic carbocycles. The van der Waals surface area contributed by atoms with Crippen molar-refractivity contribution in [3.05, 3.63) is 22.4 Å². The average molecular weight is 380 g/mol. The summed E-state index contributed by atoms with van der Waals surface area (Å²) in [5, 5.41) is 11.5. The van der Waals surface area contributed by atoms with E-state index >= 15 is 0 Å². The molecule has 2 heterocycles. The molecule has 1 aromatic rings. The standard InChI is InChI=1S/C19H33N5OS/c1-16-8-3-4-13-24(16)14-7-12-23-19(20-2)22-11-6-10-21-18(25)17-9-5-15-26-17/h5,9,15-16H,3-4,6-8,10-14H2,1-2H3,(H,21,25)(H2,20,22,23). The van der Waals surface area contributed by atoms with Crippen molar-refractivity contribution in [1.29, 1.82) is 0 Å². The van der Waals surface area contributed by atoms with Gasteiger partial charge in [-0.1, -0.05) is 12.5 Å². The van der Waals surface area contributed by atoms with Crippen LogP contribution in [0, 0.1) is 0 Å². The Hall–Kier alpha value is -1.60. The van der Waals surface area contributed by atoms with Crippen molar-refractivity contribution in [3.63, 3.8) is 0 Å². The second kappa shape index (κ2) is 11.9. The van der Waals surface area contributed by atoms with Crippen LogP contribution in [-0.4, -0.2) is 62.6 Å². The van der Waals surface area contributed by atoms with E-state index in [1.54, 1.807) is 7.05 Å². The summed E-state index contributed by atoms with van der Waals surface area (Å²) in [6, 6.07) is 4.46. The zero-order valence-corrected chi connectivity index (χ0v) is 16.9. The van der Waals surface area contributed by atoms with Crippen molar-refractivity contribution < 1.29 is 4.79 Å². The van der Waals surface area contributed by atoms with E-state index in [9.17, 15) is 4.79 Å². The van der Waals surface area contributed by atoms with Crippen LogP contribution in [0.25, 0.3) is 0 Å². The summed E-state index contributed by atoms with van der Waals surface area (Å²) in [7, 11) is 1.79. The molecular formula is C19H33N5OS. The molecule has 1 amide bonds. The van der Waals surface area contributed by atoms with Gasteiger partial charge in [0.2, 0.25) is 0 Å². The fraction of sp³-hybridized carbons (Fsp3) is 0.684. The molecule has 1 aromatic heterocycles. The molecular weight excluding hydrogens is 346 g/mol. The summed E-state index contributed by atoms with van der Waals surface area (Å²) in [6.07, 6.45) is 6.04. The highest BCUT2D eigenvalue weighted by Crippen LogP contribution is 2.16. The highest BCUT2D eigenvalue weighted by atomic mass is 32.1. The number of aliphatic imine (C=N–C) groups is 1. The van der Waals surface area contributed by atoms with Crippen LogP contribution in [0.4, 0.5) is 0 Å². The van der Waals surface area contributed by atoms with Crippen molar-refractivity contribution in [3.8, 4) is 0 Å². The van der Waals surface area contributed by atoms with Gasteiger partial charge in [0.25, 0.3) is 5.91 Å². The molecule has 1 aliphatic rings. The van der Waals surface area contributed by atoms with Gasteiger partial charge in [-0.2, -0.15) is 0 Å². The largest absolute Gasteiger partial charge is 0.356 e. The lowest BCUT2D eigenvalue weighted by Crippen LogP contribution is -2.41. The summed E-state index contributed by atoms with van der Waals surface area (Å²) < 4.78 is 0. The molecule has 0 spiro atoms. The number of carbonyl (C=O) groups is 1. The van der Waals surface area contributed by atoms with E-state index in [1.807, 2.05) is 17.5 Å². The topological polar surface area (TPSA) is 68.8 Å². The van der Waals surface area contributed by atoms with Gasteiger partial charge in [-0.15, -0.1) is 11.3 Å². The summed E-state index contributed by atoms with van der Waals surface area (Å²) in [4.78, 5) is 19.4. The predicted octanol–water partition coefficient (Wildman–Crippen LogP) is 2.30. The van der Waals surface area contributed by atoms with E-state index in [0.717, 1.165) is 49.4 Å². The highest BCUT2D eigenvalue weighted by Gasteiger charge is 2.17. The van der Waals surface area contributed by atoms with E-state index in [2.05, 4.69) is 32.8 Å². The maximum Gasteiger partial charge on any atom is 0.261 e. The molecule has 1 saturated heterocycles. The maximum atomic E-state index is 11.8. The van der Waals surface area contributed by atoms with Crippen LogP contribution >= 0.6 is 11.3 Å². The normalized spacial score (nSPS) is 18.5. The third-order valence-electron chi connectivity index (χ3n) is 4.76. The molecule has 1 unspecified atom stereocenters. The Labute approximate surface area is 161 Å². The van der Waals surface area contributed by atoms with Crippen molar-refractivity contribution >= 4 is 23.2 Å². The van der Waals surface area contributed by atoms with E-state index in [-0.39, 0.29) is 5.91 Å². The van der Waals surface area contributed by atoms with Crippen molar-refractivity contribution in [2.24, 2.45) is 4.99 Å². The number of nitrogens with zero attached hydrogens (tertiary/aromatic N) is 2. The minimum Gasteiger partial charge on any atom is -0.356 e. The summed E-state index contributed by atoms with van der Waals surface area (Å²) in [6.45, 7) is 7.11. The van der Waals surface area contributed by atoms with Gasteiger partial charge in [-0.05, 0) is 50.6 Å². The first-order chi connectivity index (χ1) is 12.7. The molecule has 1 aliphatic heterocycles. The third-order valence-corrected chi connectivity index (χ3v) is 5.62. The molecule has 26 heavy (non-hydrogen) atoms. The number of amides is 1. The van der Waals surface area contributed by atoms with Gasteiger partial charge in [0.15, 0.2) is 5.96 Å². The zero-order chi connectivity index (χ0) is 18.6. The Kier molecular flexibility index (Phi) is 9.48. The second-order valence-electron chi connectivity index (χ2n) is 6.75. The lowest BCUT2D eigenvalue weighted by Gasteiger charge is -2.33. The Morgan fingerprint density at radius 1 is 1.23 bits per heavy atom. The van der Waals surface area contributed by atoms with Crippen LogP contribution in [-0.2, 0) is 0 Å². The van der Waals surface area contributed by atoms with Gasteiger partial charge in [-0.25, -0.2) is 0 Å². The van der Waals surface area contributed by atoms with Gasteiger partial charge in [0.05, 0.1) is 4.88 Å². The van der Waals surface area contributed by atoms with Gasteiger partial charge in [0, 0.05) is 39.3 Å². The molecule has 0 bridgehead atoms. The fourth-order valence-corrected chi connectivity index (χ4v) is 3.83. The minimum atomic E-state index is 0.00875. The molecule has 1 fully saturated rings. The molecule has 7 heteroatoms. The molecule has 0 saturated carbocycles. The molecule has 0 aliphatic carbocycles. The lowest BCUT2D eigenvalue weighted by atomic mass is 10.0. The molecule has 2 rings (SSSR count). The Balaban J connectivity index is 1.50. The SMILES string of the molecule is CN=C(NCCCNC(=O)c1cccs1)NCCCN1CCCCC1C. The number of hydrogen-bond donors (Lipinski definition) is 3. The second-order valence-corrected chi connectivity index (χ2v) is 7.69. The van der Waals surface area contributed by atoms with Crippen LogP contribution in [0.5, 0.6) is 0 Å². The maximum absolute atomic E-state index is 11.8. The predicted molar refractivity (Wildman–Crippen MR) is 110 cm³/mol. The third kappa shape index (κ3) is 7.33. The van der Waals surface area contributed by atoms with Crippen LogP contribution in [0.3, 0.4) is 0 Å². The monoisotopic (exact) mass is 379 g/mol. The first-order valence-electron chi connectivity index (χ1n) is 9.71. The van der Waals surface area contributed by atoms with Crippen LogP contribution in [0.1, 0.15) is 48.7 Å². The lowest BCUT2D eigenvalue weighted by molar-refractivity contribution is 0.0957. The smallest absolute Gasteiger partial charge is 0.261 e. The van der Waals surface area contributed by atoms with E-state index < -0.39 is 0 Å². The van der Waals surface area contributed by atoms with Gasteiger partial charge >= 0.3 is 0 Å². The average Bonchev–Trinajstić information content (AvgIpc) is 3.19. The molecule has 6 nitrogen and oxygen atoms in total. The van der Waals surface area contributed by atoms with E-state index in [4.69, 9.17) is 0 Å². The van der Waals surface area contributed by atoms with Crippen LogP contribution in [0.15, 0.2) is 22.5 Å². The number of thiophene rings is 1. The number of guanidine groups is 1. The molecule has 1 atom stereocenters. The number of carbonyl (C=O) groups excluding carboxylic acids is 1. The van der Waals surface area contributed by atoms with Gasteiger partial charge < -0.3 is 20.9 Å².